The van der Waals surface area contributed by atoms with E-state index < -0.39 is 0 Å². The number of ether oxygens (including phenoxy) is 1. The van der Waals surface area contributed by atoms with Gasteiger partial charge in [-0.3, -0.25) is 9.13 Å². The molecule has 0 saturated heterocycles. The Kier molecular flexibility index (Phi) is 9.49. The van der Waals surface area contributed by atoms with Crippen LogP contribution in [0.25, 0.3) is 89.5 Å². The van der Waals surface area contributed by atoms with E-state index in [9.17, 15) is 0 Å². The number of rotatable bonds is 7. The molecule has 67 heavy (non-hydrogen) atoms. The van der Waals surface area contributed by atoms with Crippen molar-refractivity contribution in [3.63, 3.8) is 0 Å². The number of aryl methyl sites for hydroxylation is 1. The number of hydrogen-bond donors (Lipinski definition) is 0. The van der Waals surface area contributed by atoms with Crippen molar-refractivity contribution in [3.05, 3.63) is 223 Å². The fourth-order valence-electron chi connectivity index (χ4n) is 10.1. The summed E-state index contributed by atoms with van der Waals surface area (Å²) >= 11 is 0. The number of benzene rings is 8. The van der Waals surface area contributed by atoms with Crippen LogP contribution < -0.4 is 9.30 Å². The van der Waals surface area contributed by atoms with E-state index in [1.165, 1.54) is 16.7 Å². The van der Waals surface area contributed by atoms with Crippen LogP contribution in [0.4, 0.5) is 0 Å². The van der Waals surface area contributed by atoms with Crippen LogP contribution in [-0.4, -0.2) is 23.5 Å². The average Bonchev–Trinajstić information content (AvgIpc) is 4.09. The number of pyridine rings is 1. The minimum Gasteiger partial charge on any atom is -0.510 e. The first-order valence-corrected chi connectivity index (χ1v) is 22.3. The van der Waals surface area contributed by atoms with Crippen LogP contribution in [-0.2, 0) is 26.5 Å². The van der Waals surface area contributed by atoms with Gasteiger partial charge in [0.25, 0.3) is 6.33 Å². The normalized spacial score (nSPS) is 12.7. The Morgan fingerprint density at radius 2 is 1.24 bits per heavy atom. The van der Waals surface area contributed by atoms with Gasteiger partial charge in [-0.15, -0.1) is 30.3 Å². The van der Waals surface area contributed by atoms with Gasteiger partial charge in [-0.05, 0) is 80.3 Å². The number of hydrogen-bond acceptors (Lipinski definition) is 3. The zero-order chi connectivity index (χ0) is 44.1. The number of aromatic nitrogens is 6. The van der Waals surface area contributed by atoms with Crippen molar-refractivity contribution in [1.82, 2.24) is 23.5 Å². The average molecular weight is 1040 g/mol. The number of nitrogens with zero attached hydrogens (tertiary/aromatic N) is 6. The summed E-state index contributed by atoms with van der Waals surface area (Å²) in [5.41, 5.74) is 17.9. The van der Waals surface area contributed by atoms with E-state index in [1.807, 2.05) is 30.5 Å². The molecule has 0 bridgehead atoms. The van der Waals surface area contributed by atoms with Crippen molar-refractivity contribution in [3.8, 4) is 62.1 Å². The maximum absolute atomic E-state index is 6.72. The molecule has 0 atom stereocenters. The summed E-state index contributed by atoms with van der Waals surface area (Å²) in [5.74, 6) is 2.64. The Labute approximate surface area is 402 Å². The predicted octanol–water partition coefficient (Wildman–Crippen LogP) is 13.2. The van der Waals surface area contributed by atoms with Crippen LogP contribution in [0.2, 0.25) is 0 Å². The minimum atomic E-state index is -0.199. The molecule has 0 fully saturated rings. The Morgan fingerprint density at radius 3 is 2.03 bits per heavy atom. The maximum Gasteiger partial charge on any atom is 0.268 e. The zero-order valence-corrected chi connectivity index (χ0v) is 39.1. The van der Waals surface area contributed by atoms with Gasteiger partial charge in [0, 0.05) is 49.7 Å². The summed E-state index contributed by atoms with van der Waals surface area (Å²) in [7, 11) is 0. The summed E-state index contributed by atoms with van der Waals surface area (Å²) in [6.07, 6.45) is 5.78. The van der Waals surface area contributed by atoms with Crippen molar-refractivity contribution in [1.29, 1.82) is 0 Å². The summed E-state index contributed by atoms with van der Waals surface area (Å²) in [5, 5.41) is 0. The van der Waals surface area contributed by atoms with E-state index in [0.29, 0.717) is 11.5 Å². The van der Waals surface area contributed by atoms with Gasteiger partial charge in [0.2, 0.25) is 5.78 Å². The second-order valence-electron chi connectivity index (χ2n) is 17.5. The topological polar surface area (TPSA) is 53.2 Å². The molecule has 1 aliphatic rings. The van der Waals surface area contributed by atoms with E-state index in [4.69, 9.17) is 14.7 Å². The van der Waals surface area contributed by atoms with Crippen LogP contribution in [0.1, 0.15) is 30.5 Å². The van der Waals surface area contributed by atoms with Crippen molar-refractivity contribution >= 4 is 38.9 Å². The molecule has 0 saturated carbocycles. The summed E-state index contributed by atoms with van der Waals surface area (Å²) in [6, 6.07) is 70.5. The van der Waals surface area contributed by atoms with Crippen molar-refractivity contribution < 1.29 is 30.4 Å². The third kappa shape index (κ3) is 6.33. The first-order chi connectivity index (χ1) is 32.4. The first-order valence-electron chi connectivity index (χ1n) is 22.3. The monoisotopic (exact) mass is 1040 g/mol. The molecule has 0 N–H and O–H groups in total. The number of para-hydroxylation sites is 4. The third-order valence-corrected chi connectivity index (χ3v) is 13.3. The second-order valence-corrected chi connectivity index (χ2v) is 17.5. The Balaban J connectivity index is 0.00000468. The molecular formula is C59H40N6OPt-2. The van der Waals surface area contributed by atoms with E-state index in [2.05, 4.69) is 215 Å². The molecule has 4 heterocycles. The minimum absolute atomic E-state index is 0. The van der Waals surface area contributed by atoms with Crippen LogP contribution >= 0.6 is 0 Å². The number of fused-ring (bicyclic) bond motifs is 9. The van der Waals surface area contributed by atoms with Crippen molar-refractivity contribution in [2.45, 2.75) is 26.2 Å². The summed E-state index contributed by atoms with van der Waals surface area (Å²) in [6.45, 7) is 6.69. The zero-order valence-electron chi connectivity index (χ0n) is 36.8. The standard InChI is InChI=1S/C59H40N6O.Pt/c1-38-17-14-30-53-56(38)61-58-64(53)52-32-31-43(34-54(52)65(58)55-35-49-47(36-60-55)46-24-10-11-27-48(46)59(49,2)3)66-42-23-15-22-41(33-42)62-37-63(51-29-13-12-28-50(51)62)57-44(39-18-6-4-7-19-39)25-16-26-45(57)40-20-8-5-9-21-40;/h4-32,35-36H,1-3H3;/q-2;. The quantitative estimate of drug-likeness (QED) is 0.118. The SMILES string of the molecule is Cc1cccc2c1nc1n(-c3cc4c(cn3)-c3ccccc3C4(C)C)c3[c-]c(Oc4[c-]c(-n5[c-][n+](-c6c(-c7ccccc7)cccc6-c6ccccc6)c6ccccc65)ccc4)ccc3n21.[Pt]. The third-order valence-electron chi connectivity index (χ3n) is 13.3. The molecule has 7 nitrogen and oxygen atoms in total. The van der Waals surface area contributed by atoms with Gasteiger partial charge in [0.15, 0.2) is 0 Å². The summed E-state index contributed by atoms with van der Waals surface area (Å²) < 4.78 is 15.3. The molecule has 0 aliphatic heterocycles. The van der Waals surface area contributed by atoms with Gasteiger partial charge >= 0.3 is 0 Å². The molecule has 0 spiro atoms. The van der Waals surface area contributed by atoms with Crippen molar-refractivity contribution in [2.24, 2.45) is 0 Å². The molecule has 13 rings (SSSR count). The van der Waals surface area contributed by atoms with Gasteiger partial charge in [-0.25, -0.2) is 9.97 Å². The fraction of sp³-hybridized carbons (Fsp3) is 0.0678. The van der Waals surface area contributed by atoms with Gasteiger partial charge < -0.3 is 13.7 Å². The number of imidazole rings is 3. The van der Waals surface area contributed by atoms with Gasteiger partial charge in [0.05, 0.1) is 27.8 Å². The van der Waals surface area contributed by atoms with Crippen LogP contribution in [0.5, 0.6) is 11.5 Å². The molecule has 0 radical (unpaired) electrons. The van der Waals surface area contributed by atoms with E-state index in [-0.39, 0.29) is 26.5 Å². The van der Waals surface area contributed by atoms with Crippen molar-refractivity contribution in [2.75, 3.05) is 0 Å². The van der Waals surface area contributed by atoms with Gasteiger partial charge in [-0.2, -0.15) is 12.1 Å². The fourth-order valence-corrected chi connectivity index (χ4v) is 10.1. The Bertz CT molecular complexity index is 3840. The Hall–Kier alpha value is -7.86. The van der Waals surface area contributed by atoms with E-state index in [0.717, 1.165) is 89.5 Å². The second kappa shape index (κ2) is 15.6. The van der Waals surface area contributed by atoms with Gasteiger partial charge in [-0.1, -0.05) is 153 Å². The largest absolute Gasteiger partial charge is 0.510 e. The smallest absolute Gasteiger partial charge is 0.268 e. The van der Waals surface area contributed by atoms with E-state index >= 15 is 0 Å². The van der Waals surface area contributed by atoms with Crippen LogP contribution in [0, 0.1) is 25.4 Å². The maximum atomic E-state index is 6.72. The van der Waals surface area contributed by atoms with Crippen LogP contribution in [0.15, 0.2) is 188 Å². The van der Waals surface area contributed by atoms with Gasteiger partial charge in [0.1, 0.15) is 5.82 Å². The Morgan fingerprint density at radius 1 is 0.582 bits per heavy atom. The molecular weight excluding hydrogens is 1000 g/mol. The van der Waals surface area contributed by atoms with E-state index in [1.54, 1.807) is 0 Å². The van der Waals surface area contributed by atoms with Crippen LogP contribution in [0.3, 0.4) is 0 Å². The predicted molar refractivity (Wildman–Crippen MR) is 262 cm³/mol. The molecule has 0 unspecified atom stereocenters. The first kappa shape index (κ1) is 40.6. The molecule has 0 amide bonds. The molecule has 8 aromatic carbocycles. The molecule has 8 heteroatoms. The molecule has 1 aliphatic carbocycles. The molecule has 4 aromatic heterocycles. The molecule has 324 valence electrons. The molecule has 12 aromatic rings. The summed E-state index contributed by atoms with van der Waals surface area (Å²) in [4.78, 5) is 10.4.